The van der Waals surface area contributed by atoms with Crippen molar-refractivity contribution >= 4 is 40.5 Å². The molecule has 1 amide bonds. The van der Waals surface area contributed by atoms with Crippen molar-refractivity contribution in [2.24, 2.45) is 0 Å². The number of nitrogens with one attached hydrogen (secondary N) is 1. The van der Waals surface area contributed by atoms with Crippen LogP contribution in [0.4, 0.5) is 11.4 Å². The first kappa shape index (κ1) is 18.0. The molecule has 0 radical (unpaired) electrons. The van der Waals surface area contributed by atoms with E-state index >= 15 is 0 Å². The minimum Gasteiger partial charge on any atom is -0.451 e. The average molecular weight is 391 g/mol. The van der Waals surface area contributed by atoms with Crippen molar-refractivity contribution in [1.29, 1.82) is 0 Å². The smallest absolute Gasteiger partial charge is 0.291 e. The van der Waals surface area contributed by atoms with Gasteiger partial charge in [-0.3, -0.25) is 14.9 Å². The van der Waals surface area contributed by atoms with E-state index in [1.54, 1.807) is 24.3 Å². The molecule has 1 N–H and O–H groups in total. The number of furan rings is 1. The van der Waals surface area contributed by atoms with Gasteiger partial charge in [0.25, 0.3) is 11.6 Å². The summed E-state index contributed by atoms with van der Waals surface area (Å²) in [5.74, 6) is -0.0442. The molecule has 1 aromatic heterocycles. The Morgan fingerprint density at radius 1 is 1.08 bits per heavy atom. The molecule has 0 atom stereocenters. The van der Waals surface area contributed by atoms with Crippen molar-refractivity contribution in [3.8, 4) is 11.3 Å². The van der Waals surface area contributed by atoms with Crippen molar-refractivity contribution in [3.05, 3.63) is 80.0 Å². The number of non-ortho nitro benzene ring substituents is 1. The second kappa shape index (κ2) is 7.19. The van der Waals surface area contributed by atoms with Gasteiger partial charge in [-0.15, -0.1) is 0 Å². The van der Waals surface area contributed by atoms with Crippen molar-refractivity contribution in [1.82, 2.24) is 0 Å². The standard InChI is InChI=1S/C18H12Cl2N2O4/c1-10-2-3-11(8-14(10)19)21-18(23)17-7-6-16(26-17)13-5-4-12(22(24)25)9-15(13)20/h2-9H,1H3,(H,21,23). The van der Waals surface area contributed by atoms with Crippen LogP contribution in [-0.4, -0.2) is 10.8 Å². The molecule has 1 heterocycles. The fourth-order valence-corrected chi connectivity index (χ4v) is 2.73. The highest BCUT2D eigenvalue weighted by Gasteiger charge is 2.16. The number of amides is 1. The number of hydrogen-bond acceptors (Lipinski definition) is 4. The van der Waals surface area contributed by atoms with E-state index in [-0.39, 0.29) is 16.5 Å². The van der Waals surface area contributed by atoms with Crippen LogP contribution >= 0.6 is 23.2 Å². The normalized spacial score (nSPS) is 10.6. The summed E-state index contributed by atoms with van der Waals surface area (Å²) in [7, 11) is 0. The molecule has 0 aliphatic rings. The Morgan fingerprint density at radius 2 is 1.85 bits per heavy atom. The van der Waals surface area contributed by atoms with Crippen LogP contribution < -0.4 is 5.32 Å². The van der Waals surface area contributed by atoms with Gasteiger partial charge < -0.3 is 9.73 Å². The summed E-state index contributed by atoms with van der Waals surface area (Å²) >= 11 is 12.1. The van der Waals surface area contributed by atoms with E-state index in [1.165, 1.54) is 24.3 Å². The predicted octanol–water partition coefficient (Wildman–Crippen LogP) is 5.72. The van der Waals surface area contributed by atoms with E-state index in [0.29, 0.717) is 22.0 Å². The Hall–Kier alpha value is -2.83. The van der Waals surface area contributed by atoms with E-state index in [1.807, 2.05) is 6.92 Å². The fraction of sp³-hybridized carbons (Fsp3) is 0.0556. The highest BCUT2D eigenvalue weighted by atomic mass is 35.5. The Morgan fingerprint density at radius 3 is 2.50 bits per heavy atom. The number of benzene rings is 2. The first-order valence-corrected chi connectivity index (χ1v) is 8.22. The number of nitro groups is 1. The third-order valence-electron chi connectivity index (χ3n) is 3.69. The second-order valence-corrected chi connectivity index (χ2v) is 6.32. The zero-order valence-corrected chi connectivity index (χ0v) is 15.0. The van der Waals surface area contributed by atoms with E-state index in [9.17, 15) is 14.9 Å². The molecule has 6 nitrogen and oxygen atoms in total. The molecule has 0 saturated heterocycles. The van der Waals surface area contributed by atoms with E-state index in [4.69, 9.17) is 27.6 Å². The van der Waals surface area contributed by atoms with Gasteiger partial charge in [-0.25, -0.2) is 0 Å². The summed E-state index contributed by atoms with van der Waals surface area (Å²) in [6.45, 7) is 1.86. The highest BCUT2D eigenvalue weighted by Crippen LogP contribution is 2.32. The maximum absolute atomic E-state index is 12.3. The number of anilines is 1. The molecule has 3 aromatic rings. The molecule has 0 unspecified atom stereocenters. The topological polar surface area (TPSA) is 85.4 Å². The number of nitro benzene ring substituents is 1. The molecular formula is C18H12Cl2N2O4. The number of halogens is 2. The van der Waals surface area contributed by atoms with Crippen LogP contribution in [0.15, 0.2) is 52.9 Å². The number of nitrogens with zero attached hydrogens (tertiary/aromatic N) is 1. The Balaban J connectivity index is 1.82. The van der Waals surface area contributed by atoms with Crippen LogP contribution in [-0.2, 0) is 0 Å². The SMILES string of the molecule is Cc1ccc(NC(=O)c2ccc(-c3ccc([N+](=O)[O-])cc3Cl)o2)cc1Cl. The maximum Gasteiger partial charge on any atom is 0.291 e. The molecule has 0 fully saturated rings. The lowest BCUT2D eigenvalue weighted by Gasteiger charge is -2.05. The van der Waals surface area contributed by atoms with E-state index in [2.05, 4.69) is 5.32 Å². The van der Waals surface area contributed by atoms with Gasteiger partial charge in [0.2, 0.25) is 0 Å². The molecule has 8 heteroatoms. The Kier molecular flexibility index (Phi) is 4.97. The number of rotatable bonds is 4. The minimum atomic E-state index is -0.538. The molecule has 0 spiro atoms. The van der Waals surface area contributed by atoms with Crippen molar-refractivity contribution in [3.63, 3.8) is 0 Å². The summed E-state index contributed by atoms with van der Waals surface area (Å²) < 4.78 is 5.54. The molecule has 0 aliphatic carbocycles. The highest BCUT2D eigenvalue weighted by molar-refractivity contribution is 6.33. The largest absolute Gasteiger partial charge is 0.451 e. The number of aryl methyl sites for hydroxylation is 1. The maximum atomic E-state index is 12.3. The summed E-state index contributed by atoms with van der Waals surface area (Å²) in [6, 6.07) is 12.3. The first-order chi connectivity index (χ1) is 12.3. The van der Waals surface area contributed by atoms with Crippen LogP contribution in [0.3, 0.4) is 0 Å². The molecule has 0 saturated carbocycles. The zero-order valence-electron chi connectivity index (χ0n) is 13.5. The van der Waals surface area contributed by atoms with Gasteiger partial charge in [0.15, 0.2) is 5.76 Å². The van der Waals surface area contributed by atoms with E-state index in [0.717, 1.165) is 5.56 Å². The lowest BCUT2D eigenvalue weighted by atomic mass is 10.1. The fourth-order valence-electron chi connectivity index (χ4n) is 2.29. The molecule has 0 aliphatic heterocycles. The molecule has 132 valence electrons. The van der Waals surface area contributed by atoms with Crippen LogP contribution in [0.1, 0.15) is 16.1 Å². The quantitative estimate of drug-likeness (QED) is 0.455. The lowest BCUT2D eigenvalue weighted by Crippen LogP contribution is -2.10. The van der Waals surface area contributed by atoms with Gasteiger partial charge in [-0.2, -0.15) is 0 Å². The van der Waals surface area contributed by atoms with Crippen LogP contribution in [0, 0.1) is 17.0 Å². The lowest BCUT2D eigenvalue weighted by molar-refractivity contribution is -0.384. The van der Waals surface area contributed by atoms with Crippen molar-refractivity contribution in [2.45, 2.75) is 6.92 Å². The molecule has 0 bridgehead atoms. The van der Waals surface area contributed by atoms with Crippen LogP contribution in [0.2, 0.25) is 10.0 Å². The van der Waals surface area contributed by atoms with Gasteiger partial charge in [0.05, 0.1) is 9.95 Å². The van der Waals surface area contributed by atoms with Crippen molar-refractivity contribution < 1.29 is 14.1 Å². The number of hydrogen-bond donors (Lipinski definition) is 1. The number of carbonyl (C=O) groups is 1. The van der Waals surface area contributed by atoms with Crippen LogP contribution in [0.5, 0.6) is 0 Å². The van der Waals surface area contributed by atoms with Gasteiger partial charge in [0.1, 0.15) is 5.76 Å². The zero-order chi connectivity index (χ0) is 18.8. The summed E-state index contributed by atoms with van der Waals surface area (Å²) in [6.07, 6.45) is 0. The molecular weight excluding hydrogens is 379 g/mol. The monoisotopic (exact) mass is 390 g/mol. The molecule has 26 heavy (non-hydrogen) atoms. The summed E-state index contributed by atoms with van der Waals surface area (Å²) in [5, 5.41) is 14.2. The average Bonchev–Trinajstić information content (AvgIpc) is 3.08. The summed E-state index contributed by atoms with van der Waals surface area (Å²) in [4.78, 5) is 22.5. The third-order valence-corrected chi connectivity index (χ3v) is 4.41. The Bertz CT molecular complexity index is 1010. The second-order valence-electron chi connectivity index (χ2n) is 5.50. The van der Waals surface area contributed by atoms with Gasteiger partial charge in [-0.1, -0.05) is 29.3 Å². The Labute approximate surface area is 158 Å². The first-order valence-electron chi connectivity index (χ1n) is 7.47. The van der Waals surface area contributed by atoms with Crippen LogP contribution in [0.25, 0.3) is 11.3 Å². The summed E-state index contributed by atoms with van der Waals surface area (Å²) in [5.41, 5.74) is 1.77. The van der Waals surface area contributed by atoms with Gasteiger partial charge in [0, 0.05) is 28.4 Å². The third kappa shape index (κ3) is 3.71. The predicted molar refractivity (Wildman–Crippen MR) is 100.0 cm³/mol. The van der Waals surface area contributed by atoms with Crippen molar-refractivity contribution in [2.75, 3.05) is 5.32 Å². The number of carbonyl (C=O) groups excluding carboxylic acids is 1. The van der Waals surface area contributed by atoms with Gasteiger partial charge in [-0.05, 0) is 42.8 Å². The van der Waals surface area contributed by atoms with E-state index < -0.39 is 10.8 Å². The van der Waals surface area contributed by atoms with Gasteiger partial charge >= 0.3 is 0 Å². The minimum absolute atomic E-state index is 0.0751. The molecule has 3 rings (SSSR count). The molecule has 2 aromatic carbocycles.